The second-order valence-electron chi connectivity index (χ2n) is 6.83. The van der Waals surface area contributed by atoms with E-state index in [1.807, 2.05) is 30.3 Å². The molecule has 162 valence electrons. The van der Waals surface area contributed by atoms with Gasteiger partial charge < -0.3 is 29.5 Å². The number of phenolic OH excluding ortho intramolecular Hbond substituents is 1. The molecule has 0 radical (unpaired) electrons. The van der Waals surface area contributed by atoms with E-state index in [4.69, 9.17) is 14.2 Å². The van der Waals surface area contributed by atoms with Crippen LogP contribution in [-0.2, 0) is 0 Å². The molecular formula is C24H24O7. The van der Waals surface area contributed by atoms with Gasteiger partial charge in [0.05, 0.1) is 26.4 Å². The molecule has 7 heteroatoms. The predicted molar refractivity (Wildman–Crippen MR) is 114 cm³/mol. The number of phenols is 1. The monoisotopic (exact) mass is 424 g/mol. The summed E-state index contributed by atoms with van der Waals surface area (Å²) in [6, 6.07) is 18.7. The fourth-order valence-electron chi connectivity index (χ4n) is 3.44. The van der Waals surface area contributed by atoms with Crippen LogP contribution in [0.1, 0.15) is 27.4 Å². The molecule has 0 saturated heterocycles. The number of aromatic hydroxyl groups is 1. The molecule has 0 heterocycles. The minimum atomic E-state index is -1.08. The SMILES string of the molecule is COc1cc(C(c2ccccc2)C(CO)Oc2ccc(C(=O)O)cc2OC)ccc1O. The van der Waals surface area contributed by atoms with Crippen molar-refractivity contribution in [3.05, 3.63) is 83.4 Å². The number of methoxy groups -OCH3 is 2. The lowest BCUT2D eigenvalue weighted by atomic mass is 9.86. The van der Waals surface area contributed by atoms with Gasteiger partial charge in [-0.1, -0.05) is 36.4 Å². The summed E-state index contributed by atoms with van der Waals surface area (Å²) in [7, 11) is 2.88. The molecule has 0 aliphatic heterocycles. The zero-order valence-corrected chi connectivity index (χ0v) is 17.2. The fourth-order valence-corrected chi connectivity index (χ4v) is 3.44. The fraction of sp³-hybridized carbons (Fsp3) is 0.208. The molecule has 0 saturated carbocycles. The number of carboxylic acids is 1. The zero-order chi connectivity index (χ0) is 22.4. The molecule has 31 heavy (non-hydrogen) atoms. The summed E-state index contributed by atoms with van der Waals surface area (Å²) in [5, 5.41) is 29.4. The van der Waals surface area contributed by atoms with E-state index in [-0.39, 0.29) is 23.7 Å². The van der Waals surface area contributed by atoms with Gasteiger partial charge >= 0.3 is 5.97 Å². The van der Waals surface area contributed by atoms with Crippen molar-refractivity contribution in [3.63, 3.8) is 0 Å². The van der Waals surface area contributed by atoms with Crippen LogP contribution in [0.25, 0.3) is 0 Å². The molecule has 0 fully saturated rings. The minimum Gasteiger partial charge on any atom is -0.504 e. The highest BCUT2D eigenvalue weighted by Crippen LogP contribution is 2.37. The second kappa shape index (κ2) is 9.86. The maximum absolute atomic E-state index is 11.3. The number of carbonyl (C=O) groups is 1. The van der Waals surface area contributed by atoms with Gasteiger partial charge in [-0.3, -0.25) is 0 Å². The average molecular weight is 424 g/mol. The number of aromatic carboxylic acids is 1. The summed E-state index contributed by atoms with van der Waals surface area (Å²) in [5.74, 6) is -0.637. The van der Waals surface area contributed by atoms with Gasteiger partial charge in [-0.15, -0.1) is 0 Å². The van der Waals surface area contributed by atoms with E-state index < -0.39 is 18.0 Å². The molecule has 3 aromatic carbocycles. The topological polar surface area (TPSA) is 105 Å². The van der Waals surface area contributed by atoms with E-state index in [1.165, 1.54) is 38.5 Å². The Balaban J connectivity index is 2.04. The highest BCUT2D eigenvalue weighted by atomic mass is 16.5. The lowest BCUT2D eigenvalue weighted by Gasteiger charge is -2.28. The van der Waals surface area contributed by atoms with E-state index in [9.17, 15) is 20.1 Å². The normalized spacial score (nSPS) is 12.6. The van der Waals surface area contributed by atoms with Crippen molar-refractivity contribution < 1.29 is 34.3 Å². The summed E-state index contributed by atoms with van der Waals surface area (Å²) in [5.41, 5.74) is 1.71. The first-order valence-electron chi connectivity index (χ1n) is 9.59. The third kappa shape index (κ3) is 4.90. The van der Waals surface area contributed by atoms with Crippen LogP contribution in [0.2, 0.25) is 0 Å². The van der Waals surface area contributed by atoms with Crippen LogP contribution in [0, 0.1) is 0 Å². The number of carboxylic acid groups (broad SMARTS) is 1. The largest absolute Gasteiger partial charge is 0.504 e. The molecule has 0 spiro atoms. The van der Waals surface area contributed by atoms with E-state index in [0.717, 1.165) is 11.1 Å². The maximum atomic E-state index is 11.3. The molecule has 0 amide bonds. The van der Waals surface area contributed by atoms with Gasteiger partial charge in [0, 0.05) is 5.92 Å². The van der Waals surface area contributed by atoms with Crippen molar-refractivity contribution >= 4 is 5.97 Å². The Morgan fingerprint density at radius 3 is 2.19 bits per heavy atom. The zero-order valence-electron chi connectivity index (χ0n) is 17.2. The molecule has 2 unspecified atom stereocenters. The Morgan fingerprint density at radius 1 is 0.871 bits per heavy atom. The number of benzene rings is 3. The summed E-state index contributed by atoms with van der Waals surface area (Å²) in [6.07, 6.45) is -0.735. The van der Waals surface area contributed by atoms with Gasteiger partial charge in [0.1, 0.15) is 6.10 Å². The molecule has 3 N–H and O–H groups in total. The van der Waals surface area contributed by atoms with Crippen molar-refractivity contribution in [1.82, 2.24) is 0 Å². The van der Waals surface area contributed by atoms with Gasteiger partial charge in [0.25, 0.3) is 0 Å². The van der Waals surface area contributed by atoms with Crippen LogP contribution in [0.3, 0.4) is 0 Å². The quantitative estimate of drug-likeness (QED) is 0.481. The molecular weight excluding hydrogens is 400 g/mol. The Hall–Kier alpha value is -3.71. The third-order valence-corrected chi connectivity index (χ3v) is 4.96. The van der Waals surface area contributed by atoms with E-state index in [2.05, 4.69) is 0 Å². The van der Waals surface area contributed by atoms with Gasteiger partial charge in [-0.05, 0) is 41.5 Å². The number of aliphatic hydroxyl groups excluding tert-OH is 1. The number of ether oxygens (including phenoxy) is 3. The summed E-state index contributed by atoms with van der Waals surface area (Å²) >= 11 is 0. The summed E-state index contributed by atoms with van der Waals surface area (Å²) in [4.78, 5) is 11.3. The first kappa shape index (κ1) is 22.0. The maximum Gasteiger partial charge on any atom is 0.335 e. The van der Waals surface area contributed by atoms with Gasteiger partial charge in [0.2, 0.25) is 0 Å². The second-order valence-corrected chi connectivity index (χ2v) is 6.83. The molecule has 0 aliphatic carbocycles. The number of rotatable bonds is 9. The number of aliphatic hydroxyl groups is 1. The van der Waals surface area contributed by atoms with E-state index in [0.29, 0.717) is 11.5 Å². The van der Waals surface area contributed by atoms with E-state index >= 15 is 0 Å². The highest BCUT2D eigenvalue weighted by molar-refractivity contribution is 5.88. The average Bonchev–Trinajstić information content (AvgIpc) is 2.80. The first-order chi connectivity index (χ1) is 15.0. The molecule has 3 aromatic rings. The lowest BCUT2D eigenvalue weighted by Crippen LogP contribution is -2.30. The molecule has 3 rings (SSSR count). The number of hydrogen-bond donors (Lipinski definition) is 3. The Kier molecular flexibility index (Phi) is 6.99. The molecule has 0 aromatic heterocycles. The first-order valence-corrected chi connectivity index (χ1v) is 9.59. The predicted octanol–water partition coefficient (Wildman–Crippen LogP) is 3.68. The van der Waals surface area contributed by atoms with Crippen molar-refractivity contribution in [3.8, 4) is 23.0 Å². The van der Waals surface area contributed by atoms with Crippen LogP contribution in [0.15, 0.2) is 66.7 Å². The van der Waals surface area contributed by atoms with Crippen molar-refractivity contribution in [1.29, 1.82) is 0 Å². The standard InChI is InChI=1S/C24H24O7/c1-29-20-12-16(8-10-18(20)26)23(15-6-4-3-5-7-15)22(14-25)31-19-11-9-17(24(27)28)13-21(19)30-2/h3-13,22-23,25-26H,14H2,1-2H3,(H,27,28). The Labute approximate surface area is 180 Å². The van der Waals surface area contributed by atoms with Crippen LogP contribution < -0.4 is 14.2 Å². The summed E-state index contributed by atoms with van der Waals surface area (Å²) in [6.45, 7) is -0.327. The Morgan fingerprint density at radius 2 is 1.58 bits per heavy atom. The van der Waals surface area contributed by atoms with Crippen LogP contribution >= 0.6 is 0 Å². The third-order valence-electron chi connectivity index (χ3n) is 4.96. The van der Waals surface area contributed by atoms with Crippen molar-refractivity contribution in [2.45, 2.75) is 12.0 Å². The van der Waals surface area contributed by atoms with Crippen molar-refractivity contribution in [2.24, 2.45) is 0 Å². The molecule has 0 bridgehead atoms. The van der Waals surface area contributed by atoms with E-state index in [1.54, 1.807) is 12.1 Å². The number of hydrogen-bond acceptors (Lipinski definition) is 6. The summed E-state index contributed by atoms with van der Waals surface area (Å²) < 4.78 is 16.7. The highest BCUT2D eigenvalue weighted by Gasteiger charge is 2.28. The van der Waals surface area contributed by atoms with Gasteiger partial charge in [-0.2, -0.15) is 0 Å². The van der Waals surface area contributed by atoms with Crippen LogP contribution in [0.4, 0.5) is 0 Å². The molecule has 7 nitrogen and oxygen atoms in total. The van der Waals surface area contributed by atoms with Gasteiger partial charge in [0.15, 0.2) is 23.0 Å². The smallest absolute Gasteiger partial charge is 0.335 e. The molecule has 0 aliphatic rings. The minimum absolute atomic E-state index is 0.00505. The van der Waals surface area contributed by atoms with Crippen molar-refractivity contribution in [2.75, 3.05) is 20.8 Å². The van der Waals surface area contributed by atoms with Gasteiger partial charge in [-0.25, -0.2) is 4.79 Å². The Bertz CT molecular complexity index is 1030. The molecule has 2 atom stereocenters. The van der Waals surface area contributed by atoms with Crippen LogP contribution in [-0.4, -0.2) is 48.2 Å². The van der Waals surface area contributed by atoms with Crippen LogP contribution in [0.5, 0.6) is 23.0 Å². The lowest BCUT2D eigenvalue weighted by molar-refractivity contribution is 0.0695.